The van der Waals surface area contributed by atoms with Gasteiger partial charge in [0, 0.05) is 10.5 Å². The number of hydrogen-bond acceptors (Lipinski definition) is 3. The second-order valence-electron chi connectivity index (χ2n) is 3.91. The van der Waals surface area contributed by atoms with Gasteiger partial charge in [-0.25, -0.2) is 17.2 Å². The molecule has 20 heavy (non-hydrogen) atoms. The lowest BCUT2D eigenvalue weighted by Crippen LogP contribution is -2.16. The first-order valence-corrected chi connectivity index (χ1v) is 7.60. The molecule has 0 saturated carbocycles. The molecular weight excluding hydrogens is 354 g/mol. The highest BCUT2D eigenvalue weighted by Crippen LogP contribution is 2.26. The van der Waals surface area contributed by atoms with Gasteiger partial charge in [-0.15, -0.1) is 0 Å². The van der Waals surface area contributed by atoms with Crippen LogP contribution in [0, 0.1) is 11.6 Å². The number of halogens is 3. The highest BCUT2D eigenvalue weighted by molar-refractivity contribution is 9.10. The van der Waals surface area contributed by atoms with Crippen LogP contribution in [0.3, 0.4) is 0 Å². The molecule has 0 bridgehead atoms. The summed E-state index contributed by atoms with van der Waals surface area (Å²) in [5, 5.41) is 0. The molecule has 2 rings (SSSR count). The maximum atomic E-state index is 13.5. The van der Waals surface area contributed by atoms with Crippen LogP contribution in [0.25, 0.3) is 0 Å². The first-order chi connectivity index (χ1) is 9.29. The summed E-state index contributed by atoms with van der Waals surface area (Å²) in [6, 6.07) is 6.70. The average Bonchev–Trinajstić information content (AvgIpc) is 2.36. The van der Waals surface area contributed by atoms with E-state index in [0.29, 0.717) is 4.47 Å². The highest BCUT2D eigenvalue weighted by atomic mass is 79.9. The van der Waals surface area contributed by atoms with E-state index in [4.69, 9.17) is 5.73 Å². The van der Waals surface area contributed by atoms with Crippen LogP contribution in [0.4, 0.5) is 20.2 Å². The Kier molecular flexibility index (Phi) is 3.96. The normalized spacial score (nSPS) is 11.3. The summed E-state index contributed by atoms with van der Waals surface area (Å²) in [4.78, 5) is -0.226. The largest absolute Gasteiger partial charge is 0.398 e. The molecule has 3 N–H and O–H groups in total. The molecule has 0 unspecified atom stereocenters. The van der Waals surface area contributed by atoms with Gasteiger partial charge in [0.05, 0.1) is 11.4 Å². The number of anilines is 2. The Labute approximate surface area is 122 Å². The van der Waals surface area contributed by atoms with Crippen molar-refractivity contribution < 1.29 is 17.2 Å². The summed E-state index contributed by atoms with van der Waals surface area (Å²) in [5.74, 6) is -1.64. The zero-order valence-corrected chi connectivity index (χ0v) is 12.3. The number of rotatable bonds is 3. The SMILES string of the molecule is Nc1ccc(Br)cc1S(=O)(=O)Nc1cc(F)ccc1F. The number of sulfonamides is 1. The summed E-state index contributed by atoms with van der Waals surface area (Å²) < 4.78 is 53.2. The van der Waals surface area contributed by atoms with Crippen molar-refractivity contribution in [1.82, 2.24) is 0 Å². The molecule has 2 aromatic carbocycles. The van der Waals surface area contributed by atoms with Crippen molar-refractivity contribution in [1.29, 1.82) is 0 Å². The molecule has 4 nitrogen and oxygen atoms in total. The van der Waals surface area contributed by atoms with Gasteiger partial charge in [0.1, 0.15) is 16.5 Å². The third-order valence-electron chi connectivity index (χ3n) is 2.44. The maximum absolute atomic E-state index is 13.5. The molecule has 0 spiro atoms. The fourth-order valence-electron chi connectivity index (χ4n) is 1.52. The Morgan fingerprint density at radius 3 is 2.50 bits per heavy atom. The first kappa shape index (κ1) is 14.7. The fourth-order valence-corrected chi connectivity index (χ4v) is 3.25. The van der Waals surface area contributed by atoms with Crippen molar-refractivity contribution in [2.45, 2.75) is 4.90 Å². The second-order valence-corrected chi connectivity index (χ2v) is 6.48. The molecule has 0 fully saturated rings. The molecule has 0 saturated heterocycles. The average molecular weight is 363 g/mol. The van der Waals surface area contributed by atoms with E-state index < -0.39 is 27.3 Å². The molecule has 0 aliphatic heterocycles. The predicted octanol–water partition coefficient (Wildman–Crippen LogP) is 3.11. The summed E-state index contributed by atoms with van der Waals surface area (Å²) in [6.07, 6.45) is 0. The monoisotopic (exact) mass is 362 g/mol. The van der Waals surface area contributed by atoms with Crippen molar-refractivity contribution in [3.8, 4) is 0 Å². The van der Waals surface area contributed by atoms with Crippen molar-refractivity contribution in [2.75, 3.05) is 10.5 Å². The van der Waals surface area contributed by atoms with Crippen LogP contribution >= 0.6 is 15.9 Å². The highest BCUT2D eigenvalue weighted by Gasteiger charge is 2.20. The van der Waals surface area contributed by atoms with Crippen LogP contribution in [-0.2, 0) is 10.0 Å². The van der Waals surface area contributed by atoms with Gasteiger partial charge in [-0.3, -0.25) is 4.72 Å². The molecule has 2 aromatic rings. The smallest absolute Gasteiger partial charge is 0.264 e. The van der Waals surface area contributed by atoms with Crippen LogP contribution < -0.4 is 10.5 Å². The van der Waals surface area contributed by atoms with E-state index >= 15 is 0 Å². The molecule has 106 valence electrons. The van der Waals surface area contributed by atoms with Crippen LogP contribution in [-0.4, -0.2) is 8.42 Å². The summed E-state index contributed by atoms with van der Waals surface area (Å²) in [5.41, 5.74) is 5.10. The van der Waals surface area contributed by atoms with Crippen molar-refractivity contribution in [3.63, 3.8) is 0 Å². The molecule has 0 aliphatic carbocycles. The van der Waals surface area contributed by atoms with E-state index in [1.54, 1.807) is 6.07 Å². The van der Waals surface area contributed by atoms with Gasteiger partial charge in [-0.2, -0.15) is 0 Å². The minimum atomic E-state index is -4.12. The third kappa shape index (κ3) is 3.07. The van der Waals surface area contributed by atoms with Crippen LogP contribution in [0.1, 0.15) is 0 Å². The third-order valence-corrected chi connectivity index (χ3v) is 4.35. The lowest BCUT2D eigenvalue weighted by Gasteiger charge is -2.11. The van der Waals surface area contributed by atoms with Gasteiger partial charge in [-0.05, 0) is 30.3 Å². The lowest BCUT2D eigenvalue weighted by molar-refractivity contribution is 0.594. The minimum absolute atomic E-state index is 0.00230. The molecule has 8 heteroatoms. The van der Waals surface area contributed by atoms with Gasteiger partial charge < -0.3 is 5.73 Å². The van der Waals surface area contributed by atoms with Crippen molar-refractivity contribution >= 4 is 37.3 Å². The quantitative estimate of drug-likeness (QED) is 0.824. The predicted molar refractivity (Wildman–Crippen MR) is 75.7 cm³/mol. The summed E-state index contributed by atoms with van der Waals surface area (Å²) in [7, 11) is -4.12. The lowest BCUT2D eigenvalue weighted by atomic mass is 10.3. The van der Waals surface area contributed by atoms with Gasteiger partial charge in [0.15, 0.2) is 0 Å². The van der Waals surface area contributed by atoms with Gasteiger partial charge >= 0.3 is 0 Å². The Hall–Kier alpha value is -1.67. The van der Waals surface area contributed by atoms with Crippen LogP contribution in [0.5, 0.6) is 0 Å². The van der Waals surface area contributed by atoms with Crippen LogP contribution in [0.15, 0.2) is 45.8 Å². The van der Waals surface area contributed by atoms with Gasteiger partial charge in [0.25, 0.3) is 10.0 Å². The fraction of sp³-hybridized carbons (Fsp3) is 0. The maximum Gasteiger partial charge on any atom is 0.264 e. The topological polar surface area (TPSA) is 72.2 Å². The number of nitrogens with two attached hydrogens (primary N) is 1. The number of nitrogens with one attached hydrogen (secondary N) is 1. The molecular formula is C12H9BrF2N2O2S. The van der Waals surface area contributed by atoms with E-state index in [1.807, 2.05) is 4.72 Å². The van der Waals surface area contributed by atoms with Crippen LogP contribution in [0.2, 0.25) is 0 Å². The Balaban J connectivity index is 2.46. The van der Waals surface area contributed by atoms with E-state index in [9.17, 15) is 17.2 Å². The number of benzene rings is 2. The Bertz CT molecular complexity index is 766. The molecule has 0 atom stereocenters. The second kappa shape index (κ2) is 5.37. The van der Waals surface area contributed by atoms with Crippen molar-refractivity contribution in [3.05, 3.63) is 52.5 Å². The van der Waals surface area contributed by atoms with E-state index in [1.165, 1.54) is 12.1 Å². The Morgan fingerprint density at radius 2 is 1.80 bits per heavy atom. The molecule has 0 aromatic heterocycles. The Morgan fingerprint density at radius 1 is 1.10 bits per heavy atom. The first-order valence-electron chi connectivity index (χ1n) is 5.32. The molecule has 0 aliphatic rings. The molecule has 0 amide bonds. The molecule has 0 radical (unpaired) electrons. The number of nitrogen functional groups attached to an aromatic ring is 1. The minimum Gasteiger partial charge on any atom is -0.398 e. The van der Waals surface area contributed by atoms with Crippen molar-refractivity contribution in [2.24, 2.45) is 0 Å². The standard InChI is InChI=1S/C12H9BrF2N2O2S/c13-7-1-4-10(16)12(5-7)20(18,19)17-11-6-8(14)2-3-9(11)15/h1-6,17H,16H2. The van der Waals surface area contributed by atoms with E-state index in [2.05, 4.69) is 15.9 Å². The van der Waals surface area contributed by atoms with Gasteiger partial charge in [0.2, 0.25) is 0 Å². The summed E-state index contributed by atoms with van der Waals surface area (Å²) in [6.45, 7) is 0. The van der Waals surface area contributed by atoms with E-state index in [-0.39, 0.29) is 10.6 Å². The zero-order chi connectivity index (χ0) is 14.9. The zero-order valence-electron chi connectivity index (χ0n) is 9.90. The number of hydrogen-bond donors (Lipinski definition) is 2. The summed E-state index contributed by atoms with van der Waals surface area (Å²) >= 11 is 3.12. The van der Waals surface area contributed by atoms with Gasteiger partial charge in [-0.1, -0.05) is 15.9 Å². The molecule has 0 heterocycles. The van der Waals surface area contributed by atoms with E-state index in [0.717, 1.165) is 18.2 Å².